The zero-order valence-electron chi connectivity index (χ0n) is 7.72. The Morgan fingerprint density at radius 2 is 2.07 bits per heavy atom. The van der Waals surface area contributed by atoms with Gasteiger partial charge in [-0.25, -0.2) is 9.37 Å². The second-order valence-electron chi connectivity index (χ2n) is 2.98. The van der Waals surface area contributed by atoms with Crippen molar-refractivity contribution in [1.82, 2.24) is 4.98 Å². The Kier molecular flexibility index (Phi) is 2.71. The minimum absolute atomic E-state index is 0.0300. The fourth-order valence-electron chi connectivity index (χ4n) is 1.22. The summed E-state index contributed by atoms with van der Waals surface area (Å²) in [6, 6.07) is 4.03. The molecule has 0 amide bonds. The lowest BCUT2D eigenvalue weighted by Crippen LogP contribution is -1.83. The maximum atomic E-state index is 13.3. The van der Waals surface area contributed by atoms with Crippen LogP contribution in [-0.4, -0.2) is 4.98 Å². The Balaban J connectivity index is 2.54. The van der Waals surface area contributed by atoms with E-state index in [0.717, 1.165) is 11.3 Å². The van der Waals surface area contributed by atoms with Crippen LogP contribution in [-0.2, 0) is 0 Å². The second-order valence-corrected chi connectivity index (χ2v) is 4.54. The highest BCUT2D eigenvalue weighted by atomic mass is 35.5. The molecule has 0 aliphatic heterocycles. The average Bonchev–Trinajstić information content (AvgIpc) is 2.50. The smallest absolute Gasteiger partial charge is 0.204 e. The molecule has 1 aromatic carbocycles. The van der Waals surface area contributed by atoms with Gasteiger partial charge in [0.2, 0.25) is 5.13 Å². The molecule has 0 unspecified atom stereocenters. The van der Waals surface area contributed by atoms with E-state index in [4.69, 9.17) is 11.6 Å². The monoisotopic (exact) mass is 245 g/mol. The molecule has 0 spiro atoms. The summed E-state index contributed by atoms with van der Waals surface area (Å²) in [5.74, 6) is -0.521. The molecule has 0 saturated carbocycles. The van der Waals surface area contributed by atoms with Crippen LogP contribution in [0.5, 0.6) is 0 Å². The first-order valence-electron chi connectivity index (χ1n) is 4.16. The highest BCUT2D eigenvalue weighted by Gasteiger charge is 2.12. The summed E-state index contributed by atoms with van der Waals surface area (Å²) in [4.78, 5) is 4.01. The Morgan fingerprint density at radius 1 is 1.33 bits per heavy atom. The van der Waals surface area contributed by atoms with Crippen LogP contribution < -0.4 is 0 Å². The SMILES string of the molecule is Cc1nc(-c2ccc(F)c(Cl)c2)c(F)s1. The van der Waals surface area contributed by atoms with E-state index in [-0.39, 0.29) is 15.8 Å². The van der Waals surface area contributed by atoms with Gasteiger partial charge < -0.3 is 0 Å². The predicted molar refractivity (Wildman–Crippen MR) is 57.2 cm³/mol. The first-order valence-corrected chi connectivity index (χ1v) is 5.35. The van der Waals surface area contributed by atoms with Crippen molar-refractivity contribution in [1.29, 1.82) is 0 Å². The third kappa shape index (κ3) is 2.01. The molecule has 78 valence electrons. The fourth-order valence-corrected chi connectivity index (χ4v) is 2.06. The van der Waals surface area contributed by atoms with E-state index in [1.807, 2.05) is 0 Å². The lowest BCUT2D eigenvalue weighted by molar-refractivity contribution is 0.628. The van der Waals surface area contributed by atoms with Crippen molar-refractivity contribution in [3.05, 3.63) is 39.2 Å². The topological polar surface area (TPSA) is 12.9 Å². The second kappa shape index (κ2) is 3.87. The van der Waals surface area contributed by atoms with E-state index < -0.39 is 5.82 Å². The van der Waals surface area contributed by atoms with Crippen molar-refractivity contribution in [2.24, 2.45) is 0 Å². The number of hydrogen-bond acceptors (Lipinski definition) is 2. The summed E-state index contributed by atoms with van der Waals surface area (Å²) < 4.78 is 26.2. The number of thiazole rings is 1. The van der Waals surface area contributed by atoms with Crippen molar-refractivity contribution in [3.8, 4) is 11.3 Å². The van der Waals surface area contributed by atoms with Crippen molar-refractivity contribution < 1.29 is 8.78 Å². The van der Waals surface area contributed by atoms with Gasteiger partial charge in [0.15, 0.2) is 0 Å². The van der Waals surface area contributed by atoms with Gasteiger partial charge in [-0.3, -0.25) is 0 Å². The molecule has 0 aliphatic rings. The number of halogens is 3. The first kappa shape index (κ1) is 10.5. The van der Waals surface area contributed by atoms with Crippen LogP contribution in [0.4, 0.5) is 8.78 Å². The van der Waals surface area contributed by atoms with E-state index in [0.29, 0.717) is 10.6 Å². The van der Waals surface area contributed by atoms with Crippen molar-refractivity contribution >= 4 is 22.9 Å². The van der Waals surface area contributed by atoms with E-state index in [1.54, 1.807) is 6.92 Å². The molecule has 1 heterocycles. The zero-order valence-corrected chi connectivity index (χ0v) is 9.29. The van der Waals surface area contributed by atoms with Gasteiger partial charge in [0, 0.05) is 5.56 Å². The summed E-state index contributed by atoms with van der Waals surface area (Å²) in [6.07, 6.45) is 0. The van der Waals surface area contributed by atoms with Gasteiger partial charge in [-0.1, -0.05) is 22.9 Å². The molecule has 15 heavy (non-hydrogen) atoms. The van der Waals surface area contributed by atoms with E-state index in [1.165, 1.54) is 18.2 Å². The minimum Gasteiger partial charge on any atom is -0.238 e. The van der Waals surface area contributed by atoms with Crippen LogP contribution in [0, 0.1) is 17.9 Å². The molecule has 0 aliphatic carbocycles. The molecule has 1 nitrogen and oxygen atoms in total. The van der Waals surface area contributed by atoms with Crippen LogP contribution in [0.25, 0.3) is 11.3 Å². The summed E-state index contributed by atoms with van der Waals surface area (Å²) >= 11 is 6.56. The fraction of sp³-hybridized carbons (Fsp3) is 0.100. The molecule has 1 aromatic heterocycles. The number of aryl methyl sites for hydroxylation is 1. The molecule has 0 bridgehead atoms. The van der Waals surface area contributed by atoms with Crippen molar-refractivity contribution in [2.45, 2.75) is 6.92 Å². The van der Waals surface area contributed by atoms with Gasteiger partial charge in [0.05, 0.1) is 10.0 Å². The molecule has 2 rings (SSSR count). The van der Waals surface area contributed by atoms with Crippen molar-refractivity contribution in [3.63, 3.8) is 0 Å². The molecular weight excluding hydrogens is 240 g/mol. The number of aromatic nitrogens is 1. The molecule has 0 saturated heterocycles. The predicted octanol–water partition coefficient (Wildman–Crippen LogP) is 4.05. The van der Waals surface area contributed by atoms with Crippen LogP contribution in [0.15, 0.2) is 18.2 Å². The van der Waals surface area contributed by atoms with Gasteiger partial charge in [-0.2, -0.15) is 4.39 Å². The molecule has 0 N–H and O–H groups in total. The van der Waals surface area contributed by atoms with E-state index in [2.05, 4.69) is 4.98 Å². The number of hydrogen-bond donors (Lipinski definition) is 0. The molecule has 0 atom stereocenters. The molecule has 0 fully saturated rings. The first-order chi connectivity index (χ1) is 7.08. The molecular formula is C10H6ClF2NS. The number of benzene rings is 1. The number of nitrogens with zero attached hydrogens (tertiary/aromatic N) is 1. The zero-order chi connectivity index (χ0) is 11.0. The normalized spacial score (nSPS) is 10.7. The van der Waals surface area contributed by atoms with Crippen LogP contribution in [0.3, 0.4) is 0 Å². The Morgan fingerprint density at radius 3 is 2.60 bits per heavy atom. The summed E-state index contributed by atoms with van der Waals surface area (Å²) in [5, 5.41) is 0.218. The Bertz CT molecular complexity index is 510. The quantitative estimate of drug-likeness (QED) is 0.739. The van der Waals surface area contributed by atoms with Gasteiger partial charge >= 0.3 is 0 Å². The Hall–Kier alpha value is -1.00. The maximum absolute atomic E-state index is 13.3. The third-order valence-electron chi connectivity index (χ3n) is 1.89. The lowest BCUT2D eigenvalue weighted by atomic mass is 10.2. The largest absolute Gasteiger partial charge is 0.238 e. The highest BCUT2D eigenvalue weighted by molar-refractivity contribution is 7.10. The van der Waals surface area contributed by atoms with Crippen LogP contribution in [0.1, 0.15) is 5.01 Å². The maximum Gasteiger partial charge on any atom is 0.204 e. The third-order valence-corrected chi connectivity index (χ3v) is 2.93. The van der Waals surface area contributed by atoms with Gasteiger partial charge in [0.1, 0.15) is 11.5 Å². The summed E-state index contributed by atoms with van der Waals surface area (Å²) in [5.41, 5.74) is 0.711. The molecule has 0 radical (unpaired) electrons. The van der Waals surface area contributed by atoms with E-state index in [9.17, 15) is 8.78 Å². The van der Waals surface area contributed by atoms with Gasteiger partial charge in [0.25, 0.3) is 0 Å². The van der Waals surface area contributed by atoms with Crippen LogP contribution in [0.2, 0.25) is 5.02 Å². The average molecular weight is 246 g/mol. The number of rotatable bonds is 1. The minimum atomic E-state index is -0.521. The molecule has 5 heteroatoms. The lowest BCUT2D eigenvalue weighted by Gasteiger charge is -1.98. The standard InChI is InChI=1S/C10H6ClF2NS/c1-5-14-9(10(13)15-5)6-2-3-8(12)7(11)4-6/h2-4H,1H3. The van der Waals surface area contributed by atoms with E-state index >= 15 is 0 Å². The molecule has 2 aromatic rings. The van der Waals surface area contributed by atoms with Gasteiger partial charge in [-0.05, 0) is 25.1 Å². The summed E-state index contributed by atoms with van der Waals surface area (Å²) in [7, 11) is 0. The van der Waals surface area contributed by atoms with Crippen molar-refractivity contribution in [2.75, 3.05) is 0 Å². The van der Waals surface area contributed by atoms with Crippen LogP contribution >= 0.6 is 22.9 Å². The summed E-state index contributed by atoms with van der Waals surface area (Å²) in [6.45, 7) is 1.71. The highest BCUT2D eigenvalue weighted by Crippen LogP contribution is 2.29. The van der Waals surface area contributed by atoms with Gasteiger partial charge in [-0.15, -0.1) is 0 Å². The Labute approximate surface area is 94.3 Å².